The number of Topliss-reactive ketones (excluding diaryl/α,β-unsaturated/α-hetero) is 1. The summed E-state index contributed by atoms with van der Waals surface area (Å²) in [5.41, 5.74) is 1.63. The predicted octanol–water partition coefficient (Wildman–Crippen LogP) is 4.86. The second-order valence-corrected chi connectivity index (χ2v) is 13.8. The van der Waals surface area contributed by atoms with Gasteiger partial charge in [-0.1, -0.05) is 31.4 Å². The molecule has 42 heavy (non-hydrogen) atoms. The van der Waals surface area contributed by atoms with Crippen LogP contribution in [-0.2, 0) is 9.53 Å². The molecule has 2 saturated heterocycles. The lowest BCUT2D eigenvalue weighted by Crippen LogP contribution is -2.56. The maximum absolute atomic E-state index is 13.5. The van der Waals surface area contributed by atoms with Crippen molar-refractivity contribution in [3.8, 4) is 11.3 Å². The maximum Gasteiger partial charge on any atom is 0.252 e. The lowest BCUT2D eigenvalue weighted by Gasteiger charge is -2.40. The molecule has 1 atom stereocenters. The van der Waals surface area contributed by atoms with E-state index in [0.717, 1.165) is 100 Å². The average molecular weight is 615 g/mol. The van der Waals surface area contributed by atoms with E-state index < -0.39 is 5.54 Å². The summed E-state index contributed by atoms with van der Waals surface area (Å²) in [5.74, 6) is 0.719. The third kappa shape index (κ3) is 7.75. The van der Waals surface area contributed by atoms with Gasteiger partial charge in [0.15, 0.2) is 10.9 Å². The molecular weight excluding hydrogens is 569 g/mol. The normalized spacial score (nSPS) is 20.8. The van der Waals surface area contributed by atoms with E-state index in [9.17, 15) is 14.7 Å². The molecule has 230 valence electrons. The molecule has 8 nitrogen and oxygen atoms in total. The monoisotopic (exact) mass is 614 g/mol. The van der Waals surface area contributed by atoms with E-state index >= 15 is 0 Å². The molecule has 1 amide bonds. The molecular formula is C32H46N4O4S2. The van der Waals surface area contributed by atoms with Gasteiger partial charge in [-0.3, -0.25) is 14.5 Å². The predicted molar refractivity (Wildman–Crippen MR) is 172 cm³/mol. The van der Waals surface area contributed by atoms with Gasteiger partial charge in [0.2, 0.25) is 0 Å². The zero-order valence-electron chi connectivity index (χ0n) is 24.9. The van der Waals surface area contributed by atoms with Crippen molar-refractivity contribution in [3.05, 3.63) is 35.2 Å². The zero-order valence-corrected chi connectivity index (χ0v) is 26.5. The van der Waals surface area contributed by atoms with Crippen LogP contribution >= 0.6 is 23.1 Å². The fourth-order valence-corrected chi connectivity index (χ4v) is 8.08. The number of rotatable bonds is 12. The number of anilines is 1. The highest BCUT2D eigenvalue weighted by Crippen LogP contribution is 2.33. The standard InChI is InChI=1S/C32H46N4O4S2/c1-41-20-11-24(22-37)21-29(38)32(12-3-2-4-13-32)34-30(39)26-7-5-25(6-8-26)28-23-42-31(33-28)36-14-9-27(10-15-36)35-16-18-40-19-17-35/h5-8,23-24,27,37H,2-4,9-22H2,1H3,(H,34,39)/t24-/m1/s1. The number of amides is 1. The number of ether oxygens (including phenoxy) is 1. The molecule has 1 saturated carbocycles. The van der Waals surface area contributed by atoms with Crippen LogP contribution < -0.4 is 10.2 Å². The number of hydrogen-bond donors (Lipinski definition) is 2. The fourth-order valence-electron chi connectivity index (χ4n) is 6.62. The average Bonchev–Trinajstić information content (AvgIpc) is 3.54. The Hall–Kier alpha value is -1.98. The second kappa shape index (κ2) is 15.1. The summed E-state index contributed by atoms with van der Waals surface area (Å²) in [5, 5.41) is 16.2. The Bertz CT molecular complexity index is 1150. The van der Waals surface area contributed by atoms with Crippen molar-refractivity contribution in [2.24, 2.45) is 5.92 Å². The molecule has 3 fully saturated rings. The number of hydrogen-bond acceptors (Lipinski definition) is 9. The van der Waals surface area contributed by atoms with E-state index in [1.807, 2.05) is 30.5 Å². The summed E-state index contributed by atoms with van der Waals surface area (Å²) in [4.78, 5) is 36.9. The summed E-state index contributed by atoms with van der Waals surface area (Å²) < 4.78 is 5.52. The number of nitrogens with zero attached hydrogens (tertiary/aromatic N) is 3. The van der Waals surface area contributed by atoms with Crippen LogP contribution in [0.4, 0.5) is 5.13 Å². The lowest BCUT2D eigenvalue weighted by molar-refractivity contribution is -0.127. The first kappa shape index (κ1) is 31.4. The highest BCUT2D eigenvalue weighted by Gasteiger charge is 2.41. The van der Waals surface area contributed by atoms with Crippen LogP contribution in [0, 0.1) is 5.92 Å². The molecule has 2 aromatic rings. The largest absolute Gasteiger partial charge is 0.396 e. The molecule has 5 rings (SSSR count). The smallest absolute Gasteiger partial charge is 0.252 e. The molecule has 1 aliphatic carbocycles. The van der Waals surface area contributed by atoms with Crippen molar-refractivity contribution in [1.82, 2.24) is 15.2 Å². The topological polar surface area (TPSA) is 95.0 Å². The third-order valence-electron chi connectivity index (χ3n) is 9.29. The Kier molecular flexibility index (Phi) is 11.3. The molecule has 2 N–H and O–H groups in total. The quantitative estimate of drug-likeness (QED) is 0.350. The molecule has 0 spiro atoms. The molecule has 2 aliphatic heterocycles. The minimum Gasteiger partial charge on any atom is -0.396 e. The molecule has 3 aliphatic rings. The van der Waals surface area contributed by atoms with Crippen molar-refractivity contribution >= 4 is 39.9 Å². The Balaban J connectivity index is 1.19. The van der Waals surface area contributed by atoms with Gasteiger partial charge in [-0.15, -0.1) is 11.3 Å². The van der Waals surface area contributed by atoms with Gasteiger partial charge in [0, 0.05) is 61.8 Å². The van der Waals surface area contributed by atoms with E-state index in [1.54, 1.807) is 23.1 Å². The number of thiazole rings is 1. The Labute approximate surface area is 258 Å². The highest BCUT2D eigenvalue weighted by molar-refractivity contribution is 7.98. The first-order valence-corrected chi connectivity index (χ1v) is 17.9. The summed E-state index contributed by atoms with van der Waals surface area (Å²) in [7, 11) is 0. The van der Waals surface area contributed by atoms with Crippen molar-refractivity contribution in [1.29, 1.82) is 0 Å². The van der Waals surface area contributed by atoms with Crippen molar-refractivity contribution < 1.29 is 19.4 Å². The molecule has 3 heterocycles. The number of carbonyl (C=O) groups excluding carboxylic acids is 2. The Morgan fingerprint density at radius 2 is 1.83 bits per heavy atom. The number of morpholine rings is 1. The molecule has 1 aromatic carbocycles. The first-order chi connectivity index (χ1) is 20.5. The molecule has 0 unspecified atom stereocenters. The van der Waals surface area contributed by atoms with Crippen LogP contribution in [-0.4, -0.2) is 96.3 Å². The van der Waals surface area contributed by atoms with E-state index in [4.69, 9.17) is 9.72 Å². The molecule has 1 aromatic heterocycles. The van der Waals surface area contributed by atoms with E-state index in [1.165, 1.54) is 0 Å². The minimum absolute atomic E-state index is 0.00282. The number of benzene rings is 1. The number of carbonyl (C=O) groups is 2. The summed E-state index contributed by atoms with van der Waals surface area (Å²) in [6.45, 7) is 5.82. The highest BCUT2D eigenvalue weighted by atomic mass is 32.2. The molecule has 0 bridgehead atoms. The van der Waals surface area contributed by atoms with Gasteiger partial charge >= 0.3 is 0 Å². The molecule has 0 radical (unpaired) electrons. The van der Waals surface area contributed by atoms with Crippen LogP contribution in [0.1, 0.15) is 68.1 Å². The Morgan fingerprint density at radius 3 is 2.50 bits per heavy atom. The van der Waals surface area contributed by atoms with E-state index in [0.29, 0.717) is 30.9 Å². The van der Waals surface area contributed by atoms with E-state index in [-0.39, 0.29) is 24.2 Å². The number of aliphatic hydroxyl groups is 1. The number of aromatic nitrogens is 1. The van der Waals surface area contributed by atoms with Crippen LogP contribution in [0.3, 0.4) is 0 Å². The summed E-state index contributed by atoms with van der Waals surface area (Å²) in [6.07, 6.45) is 9.73. The van der Waals surface area contributed by atoms with Gasteiger partial charge in [0.1, 0.15) is 0 Å². The van der Waals surface area contributed by atoms with Gasteiger partial charge in [0.25, 0.3) is 5.91 Å². The summed E-state index contributed by atoms with van der Waals surface area (Å²) in [6, 6.07) is 8.24. The minimum atomic E-state index is -0.834. The van der Waals surface area contributed by atoms with Crippen molar-refractivity contribution in [2.75, 3.05) is 62.9 Å². The van der Waals surface area contributed by atoms with Crippen LogP contribution in [0.5, 0.6) is 0 Å². The molecule has 10 heteroatoms. The van der Waals surface area contributed by atoms with Crippen molar-refractivity contribution in [3.63, 3.8) is 0 Å². The fraction of sp³-hybridized carbons (Fsp3) is 0.656. The number of aliphatic hydroxyl groups excluding tert-OH is 1. The van der Waals surface area contributed by atoms with Crippen molar-refractivity contribution in [2.45, 2.75) is 69.4 Å². The van der Waals surface area contributed by atoms with Crippen LogP contribution in [0.25, 0.3) is 11.3 Å². The Morgan fingerprint density at radius 1 is 1.12 bits per heavy atom. The van der Waals surface area contributed by atoms with Gasteiger partial charge in [-0.2, -0.15) is 11.8 Å². The lowest BCUT2D eigenvalue weighted by atomic mass is 9.75. The van der Waals surface area contributed by atoms with Gasteiger partial charge < -0.3 is 20.1 Å². The van der Waals surface area contributed by atoms with Gasteiger partial charge in [-0.05, 0) is 62.2 Å². The van der Waals surface area contributed by atoms with Gasteiger partial charge in [-0.25, -0.2) is 4.98 Å². The van der Waals surface area contributed by atoms with Gasteiger partial charge in [0.05, 0.1) is 24.4 Å². The number of ketones is 1. The van der Waals surface area contributed by atoms with Crippen LogP contribution in [0.2, 0.25) is 0 Å². The SMILES string of the molecule is CSCC[C@@H](CO)CC(=O)C1(NC(=O)c2ccc(-c3csc(N4CCC(N5CCOCC5)CC4)n3)cc2)CCCCC1. The summed E-state index contributed by atoms with van der Waals surface area (Å²) >= 11 is 3.41. The third-order valence-corrected chi connectivity index (χ3v) is 10.8. The second-order valence-electron chi connectivity index (χ2n) is 12.0. The van der Waals surface area contributed by atoms with E-state index in [2.05, 4.69) is 20.5 Å². The maximum atomic E-state index is 13.5. The van der Waals surface area contributed by atoms with Crippen LogP contribution in [0.15, 0.2) is 29.6 Å². The zero-order chi connectivity index (χ0) is 29.4. The number of piperidine rings is 1. The first-order valence-electron chi connectivity index (χ1n) is 15.6. The number of thioether (sulfide) groups is 1. The number of nitrogens with one attached hydrogen (secondary N) is 1.